The summed E-state index contributed by atoms with van der Waals surface area (Å²) in [7, 11) is -2.78. The molecule has 0 aromatic heterocycles. The van der Waals surface area contributed by atoms with E-state index in [4.69, 9.17) is 11.6 Å². The number of rotatable bonds is 6. The third-order valence-electron chi connectivity index (χ3n) is 2.31. The normalized spacial score (nSPS) is 11.3. The molecule has 1 rings (SSSR count). The summed E-state index contributed by atoms with van der Waals surface area (Å²) >= 11 is 5.40. The summed E-state index contributed by atoms with van der Waals surface area (Å²) < 4.78 is 41.9. The highest BCUT2D eigenvalue weighted by Gasteiger charge is 2.28. The van der Waals surface area contributed by atoms with Crippen LogP contribution < -0.4 is 4.74 Å². The molecule has 0 atom stereocenters. The Bertz CT molecular complexity index is 590. The van der Waals surface area contributed by atoms with Crippen LogP contribution in [0.5, 0.6) is 5.75 Å². The fraction of sp³-hybridized carbons (Fsp3) is 0.400. The molecule has 0 heterocycles. The molecule has 0 fully saturated rings. The monoisotopic (exact) mass is 311 g/mol. The molecule has 0 N–H and O–H groups in total. The number of ether oxygens (including phenoxy) is 1. The van der Waals surface area contributed by atoms with E-state index in [0.717, 1.165) is 13.2 Å². The lowest BCUT2D eigenvalue weighted by atomic mass is 10.3. The maximum atomic E-state index is 13.4. The van der Waals surface area contributed by atoms with Gasteiger partial charge in [0.2, 0.25) is 0 Å². The second-order valence-corrected chi connectivity index (χ2v) is 6.03. The number of halogens is 2. The van der Waals surface area contributed by atoms with Crippen molar-refractivity contribution >= 4 is 27.1 Å². The predicted molar refractivity (Wildman–Crippen MR) is 67.0 cm³/mol. The largest absolute Gasteiger partial charge is 0.494 e. The van der Waals surface area contributed by atoms with Crippen LogP contribution in [0, 0.1) is 15.9 Å². The first-order valence-corrected chi connectivity index (χ1v) is 7.32. The molecule has 0 bridgehead atoms. The van der Waals surface area contributed by atoms with E-state index >= 15 is 0 Å². The summed E-state index contributed by atoms with van der Waals surface area (Å²) in [5.41, 5.74) is -0.812. The van der Waals surface area contributed by atoms with E-state index in [0.29, 0.717) is 6.07 Å². The van der Waals surface area contributed by atoms with E-state index in [2.05, 4.69) is 4.74 Å². The number of sulfone groups is 1. The first kappa shape index (κ1) is 15.6. The highest BCUT2D eigenvalue weighted by molar-refractivity contribution is 7.91. The van der Waals surface area contributed by atoms with E-state index in [9.17, 15) is 22.9 Å². The topological polar surface area (TPSA) is 86.5 Å². The molecule has 1 aromatic carbocycles. The summed E-state index contributed by atoms with van der Waals surface area (Å²) in [6.45, 7) is 0. The Balaban J connectivity index is 3.43. The molecular formula is C10H11ClFNO5S. The van der Waals surface area contributed by atoms with Gasteiger partial charge in [-0.1, -0.05) is 0 Å². The van der Waals surface area contributed by atoms with Crippen molar-refractivity contribution in [1.82, 2.24) is 0 Å². The van der Waals surface area contributed by atoms with Gasteiger partial charge in [-0.3, -0.25) is 10.1 Å². The average molecular weight is 312 g/mol. The van der Waals surface area contributed by atoms with E-state index in [1.54, 1.807) is 0 Å². The van der Waals surface area contributed by atoms with Gasteiger partial charge in [0.05, 0.1) is 23.9 Å². The molecular weight excluding hydrogens is 301 g/mol. The molecule has 0 aliphatic rings. The number of hydrogen-bond donors (Lipinski definition) is 0. The molecule has 0 spiro atoms. The fourth-order valence-corrected chi connectivity index (χ4v) is 3.20. The Kier molecular flexibility index (Phi) is 5.07. The zero-order chi connectivity index (χ0) is 14.6. The van der Waals surface area contributed by atoms with Gasteiger partial charge in [-0.05, 0) is 6.42 Å². The van der Waals surface area contributed by atoms with Crippen molar-refractivity contribution in [2.45, 2.75) is 11.3 Å². The average Bonchev–Trinajstić information content (AvgIpc) is 2.35. The molecule has 0 saturated heterocycles. The Labute approximate surface area is 114 Å². The lowest BCUT2D eigenvalue weighted by Crippen LogP contribution is -2.11. The minimum Gasteiger partial charge on any atom is -0.494 e. The van der Waals surface area contributed by atoms with Gasteiger partial charge in [-0.2, -0.15) is 0 Å². The Morgan fingerprint density at radius 3 is 2.58 bits per heavy atom. The molecule has 0 amide bonds. The smallest absolute Gasteiger partial charge is 0.291 e. The number of nitro groups is 1. The van der Waals surface area contributed by atoms with Gasteiger partial charge in [0, 0.05) is 11.9 Å². The van der Waals surface area contributed by atoms with Crippen LogP contribution in [0.3, 0.4) is 0 Å². The summed E-state index contributed by atoms with van der Waals surface area (Å²) in [4.78, 5) is 9.28. The van der Waals surface area contributed by atoms with Gasteiger partial charge in [-0.15, -0.1) is 11.6 Å². The lowest BCUT2D eigenvalue weighted by molar-refractivity contribution is -0.388. The third kappa shape index (κ3) is 3.54. The van der Waals surface area contributed by atoms with Gasteiger partial charge in [-0.25, -0.2) is 12.8 Å². The molecule has 6 nitrogen and oxygen atoms in total. The van der Waals surface area contributed by atoms with Crippen molar-refractivity contribution in [3.63, 3.8) is 0 Å². The molecule has 9 heteroatoms. The van der Waals surface area contributed by atoms with Gasteiger partial charge in [0.1, 0.15) is 4.90 Å². The highest BCUT2D eigenvalue weighted by atomic mass is 35.5. The van der Waals surface area contributed by atoms with Crippen molar-refractivity contribution in [2.75, 3.05) is 18.7 Å². The number of methoxy groups -OCH3 is 1. The molecule has 0 saturated carbocycles. The first-order valence-electron chi connectivity index (χ1n) is 5.14. The second kappa shape index (κ2) is 6.16. The number of nitrogens with zero attached hydrogens (tertiary/aromatic N) is 1. The SMILES string of the molecule is COc1cc(S(=O)(=O)CCCCl)c([N+](=O)[O-])cc1F. The minimum atomic E-state index is -3.92. The number of benzene rings is 1. The quantitative estimate of drug-likeness (QED) is 0.348. The molecule has 106 valence electrons. The van der Waals surface area contributed by atoms with E-state index in [1.165, 1.54) is 0 Å². The van der Waals surface area contributed by atoms with Crippen LogP contribution in [0.2, 0.25) is 0 Å². The summed E-state index contributed by atoms with van der Waals surface area (Å²) in [5, 5.41) is 10.8. The van der Waals surface area contributed by atoms with Crippen molar-refractivity contribution < 1.29 is 22.5 Å². The summed E-state index contributed by atoms with van der Waals surface area (Å²) in [6.07, 6.45) is 0.140. The van der Waals surface area contributed by atoms with Gasteiger partial charge in [0.25, 0.3) is 5.69 Å². The fourth-order valence-electron chi connectivity index (χ4n) is 1.43. The molecule has 19 heavy (non-hydrogen) atoms. The van der Waals surface area contributed by atoms with Gasteiger partial charge in [0.15, 0.2) is 21.4 Å². The van der Waals surface area contributed by atoms with Crippen LogP contribution in [0.25, 0.3) is 0 Å². The van der Waals surface area contributed by atoms with Gasteiger partial charge >= 0.3 is 0 Å². The number of hydrogen-bond acceptors (Lipinski definition) is 5. The Morgan fingerprint density at radius 1 is 1.47 bits per heavy atom. The van der Waals surface area contributed by atoms with Crippen LogP contribution in [-0.2, 0) is 9.84 Å². The molecule has 0 aliphatic heterocycles. The van der Waals surface area contributed by atoms with Crippen LogP contribution >= 0.6 is 11.6 Å². The van der Waals surface area contributed by atoms with E-state index < -0.39 is 31.2 Å². The molecule has 1 aromatic rings. The molecule has 0 aliphatic carbocycles. The second-order valence-electron chi connectivity index (χ2n) is 3.57. The Morgan fingerprint density at radius 2 is 2.11 bits per heavy atom. The maximum Gasteiger partial charge on any atom is 0.291 e. The van der Waals surface area contributed by atoms with E-state index in [-0.39, 0.29) is 23.8 Å². The van der Waals surface area contributed by atoms with E-state index in [1.807, 2.05) is 0 Å². The Hall–Kier alpha value is -1.41. The van der Waals surface area contributed by atoms with Crippen molar-refractivity contribution in [2.24, 2.45) is 0 Å². The minimum absolute atomic E-state index is 0.103. The van der Waals surface area contributed by atoms with Crippen molar-refractivity contribution in [3.8, 4) is 5.75 Å². The molecule has 0 radical (unpaired) electrons. The maximum absolute atomic E-state index is 13.4. The standard InChI is InChI=1S/C10H11ClFNO5S/c1-18-9-6-10(19(16,17)4-2-3-11)8(13(14)15)5-7(9)12/h5-6H,2-4H2,1H3. The summed E-state index contributed by atoms with van der Waals surface area (Å²) in [5.74, 6) is -1.61. The summed E-state index contributed by atoms with van der Waals surface area (Å²) in [6, 6.07) is 1.35. The first-order chi connectivity index (χ1) is 8.83. The van der Waals surface area contributed by atoms with Crippen LogP contribution in [0.15, 0.2) is 17.0 Å². The van der Waals surface area contributed by atoms with Crippen molar-refractivity contribution in [3.05, 3.63) is 28.1 Å². The van der Waals surface area contributed by atoms with Crippen LogP contribution in [0.4, 0.5) is 10.1 Å². The number of nitro benzene ring substituents is 1. The van der Waals surface area contributed by atoms with Gasteiger partial charge < -0.3 is 4.74 Å². The lowest BCUT2D eigenvalue weighted by Gasteiger charge is -2.07. The zero-order valence-electron chi connectivity index (χ0n) is 9.93. The highest BCUT2D eigenvalue weighted by Crippen LogP contribution is 2.31. The van der Waals surface area contributed by atoms with Crippen LogP contribution in [0.1, 0.15) is 6.42 Å². The van der Waals surface area contributed by atoms with Crippen LogP contribution in [-0.4, -0.2) is 32.1 Å². The third-order valence-corrected chi connectivity index (χ3v) is 4.40. The molecule has 0 unspecified atom stereocenters. The zero-order valence-corrected chi connectivity index (χ0v) is 11.5. The predicted octanol–water partition coefficient (Wildman–Crippen LogP) is 2.15. The number of alkyl halides is 1. The van der Waals surface area contributed by atoms with Crippen molar-refractivity contribution in [1.29, 1.82) is 0 Å².